The number of rotatable bonds is 2. The van der Waals surface area contributed by atoms with Gasteiger partial charge in [-0.05, 0) is 38.1 Å². The molecule has 1 heterocycles. The van der Waals surface area contributed by atoms with E-state index in [0.717, 1.165) is 11.3 Å². The zero-order valence-corrected chi connectivity index (χ0v) is 11.3. The van der Waals surface area contributed by atoms with E-state index in [1.807, 2.05) is 26.0 Å². The second-order valence-corrected chi connectivity index (χ2v) is 4.46. The molecule has 2 rings (SSSR count). The SMILES string of the molecule is Cc1ccc(C(=O)NNC(=O)c2ccc(C)nc2)cc1. The molecule has 1 aromatic carbocycles. The van der Waals surface area contributed by atoms with Crippen molar-refractivity contribution in [2.75, 3.05) is 0 Å². The molecule has 5 nitrogen and oxygen atoms in total. The zero-order valence-electron chi connectivity index (χ0n) is 11.3. The van der Waals surface area contributed by atoms with Crippen LogP contribution in [0.4, 0.5) is 0 Å². The highest BCUT2D eigenvalue weighted by molar-refractivity contribution is 5.98. The van der Waals surface area contributed by atoms with E-state index in [-0.39, 0.29) is 5.91 Å². The van der Waals surface area contributed by atoms with Crippen molar-refractivity contribution in [1.82, 2.24) is 15.8 Å². The Morgan fingerprint density at radius 3 is 1.95 bits per heavy atom. The molecule has 2 aromatic rings. The maximum Gasteiger partial charge on any atom is 0.271 e. The monoisotopic (exact) mass is 269 g/mol. The predicted molar refractivity (Wildman–Crippen MR) is 75.1 cm³/mol. The lowest BCUT2D eigenvalue weighted by molar-refractivity contribution is 0.0846. The Balaban J connectivity index is 1.94. The van der Waals surface area contributed by atoms with Gasteiger partial charge in [0.15, 0.2) is 0 Å². The minimum absolute atomic E-state index is 0.363. The molecule has 0 saturated carbocycles. The van der Waals surface area contributed by atoms with Crippen molar-refractivity contribution in [2.24, 2.45) is 0 Å². The minimum atomic E-state index is -0.405. The van der Waals surface area contributed by atoms with Crippen LogP contribution < -0.4 is 10.9 Å². The number of carbonyl (C=O) groups is 2. The zero-order chi connectivity index (χ0) is 14.5. The summed E-state index contributed by atoms with van der Waals surface area (Å²) in [5.41, 5.74) is 7.48. The molecule has 20 heavy (non-hydrogen) atoms. The number of pyridine rings is 1. The van der Waals surface area contributed by atoms with Gasteiger partial charge in [-0.2, -0.15) is 0 Å². The van der Waals surface area contributed by atoms with Crippen LogP contribution in [0.3, 0.4) is 0 Å². The third kappa shape index (κ3) is 3.41. The molecule has 0 aliphatic rings. The molecule has 0 bridgehead atoms. The van der Waals surface area contributed by atoms with Crippen LogP contribution in [0.2, 0.25) is 0 Å². The molecule has 0 aliphatic carbocycles. The smallest absolute Gasteiger partial charge is 0.267 e. The quantitative estimate of drug-likeness (QED) is 0.816. The lowest BCUT2D eigenvalue weighted by atomic mass is 10.1. The molecule has 2 N–H and O–H groups in total. The summed E-state index contributed by atoms with van der Waals surface area (Å²) >= 11 is 0. The Morgan fingerprint density at radius 2 is 1.40 bits per heavy atom. The fourth-order valence-corrected chi connectivity index (χ4v) is 1.56. The van der Waals surface area contributed by atoms with Crippen LogP contribution in [0, 0.1) is 13.8 Å². The van der Waals surface area contributed by atoms with E-state index in [2.05, 4.69) is 15.8 Å². The third-order valence-electron chi connectivity index (χ3n) is 2.78. The van der Waals surface area contributed by atoms with Crippen LogP contribution in [-0.2, 0) is 0 Å². The number of hydrogen-bond acceptors (Lipinski definition) is 3. The predicted octanol–water partition coefficient (Wildman–Crippen LogP) is 1.77. The molecule has 0 unspecified atom stereocenters. The number of hydrazine groups is 1. The molecule has 102 valence electrons. The molecular formula is C15H15N3O2. The van der Waals surface area contributed by atoms with Gasteiger partial charge in [-0.3, -0.25) is 25.4 Å². The van der Waals surface area contributed by atoms with Crippen LogP contribution in [0.25, 0.3) is 0 Å². The Hall–Kier alpha value is -2.69. The van der Waals surface area contributed by atoms with E-state index in [1.165, 1.54) is 6.20 Å². The lowest BCUT2D eigenvalue weighted by Crippen LogP contribution is -2.41. The molecule has 0 spiro atoms. The summed E-state index contributed by atoms with van der Waals surface area (Å²) < 4.78 is 0. The Kier molecular flexibility index (Phi) is 4.10. The van der Waals surface area contributed by atoms with E-state index >= 15 is 0 Å². The average molecular weight is 269 g/mol. The number of hydrogen-bond donors (Lipinski definition) is 2. The number of benzene rings is 1. The number of aromatic nitrogens is 1. The molecule has 2 amide bonds. The molecule has 0 fully saturated rings. The number of nitrogens with one attached hydrogen (secondary N) is 2. The van der Waals surface area contributed by atoms with Crippen molar-refractivity contribution in [1.29, 1.82) is 0 Å². The van der Waals surface area contributed by atoms with Gasteiger partial charge in [0.1, 0.15) is 0 Å². The standard InChI is InChI=1S/C15H15N3O2/c1-10-3-6-12(7-4-10)14(19)17-18-15(20)13-8-5-11(2)16-9-13/h3-9H,1-2H3,(H,17,19)(H,18,20). The van der Waals surface area contributed by atoms with Crippen LogP contribution in [0.5, 0.6) is 0 Å². The summed E-state index contributed by atoms with van der Waals surface area (Å²) in [6.45, 7) is 3.77. The molecule has 5 heteroatoms. The topological polar surface area (TPSA) is 71.1 Å². The van der Waals surface area contributed by atoms with Crippen molar-refractivity contribution in [3.05, 3.63) is 65.0 Å². The third-order valence-corrected chi connectivity index (χ3v) is 2.78. The van der Waals surface area contributed by atoms with Gasteiger partial charge >= 0.3 is 0 Å². The van der Waals surface area contributed by atoms with Gasteiger partial charge in [-0.25, -0.2) is 0 Å². The second kappa shape index (κ2) is 5.97. The van der Waals surface area contributed by atoms with Gasteiger partial charge in [0.25, 0.3) is 11.8 Å². The van der Waals surface area contributed by atoms with Crippen molar-refractivity contribution in [2.45, 2.75) is 13.8 Å². The van der Waals surface area contributed by atoms with Crippen molar-refractivity contribution in [3.63, 3.8) is 0 Å². The van der Waals surface area contributed by atoms with Crippen LogP contribution in [0.1, 0.15) is 32.0 Å². The lowest BCUT2D eigenvalue weighted by Gasteiger charge is -2.07. The normalized spacial score (nSPS) is 9.90. The number of carbonyl (C=O) groups excluding carboxylic acids is 2. The molecular weight excluding hydrogens is 254 g/mol. The summed E-state index contributed by atoms with van der Waals surface area (Å²) in [6, 6.07) is 10.4. The maximum atomic E-state index is 11.8. The summed E-state index contributed by atoms with van der Waals surface area (Å²) in [5, 5.41) is 0. The second-order valence-electron chi connectivity index (χ2n) is 4.46. The fourth-order valence-electron chi connectivity index (χ4n) is 1.56. The first-order chi connectivity index (χ1) is 9.56. The summed E-state index contributed by atoms with van der Waals surface area (Å²) in [6.07, 6.45) is 1.46. The molecule has 1 aromatic heterocycles. The van der Waals surface area contributed by atoms with Crippen molar-refractivity contribution >= 4 is 11.8 Å². The van der Waals surface area contributed by atoms with E-state index in [1.54, 1.807) is 24.3 Å². The van der Waals surface area contributed by atoms with Crippen molar-refractivity contribution in [3.8, 4) is 0 Å². The van der Waals surface area contributed by atoms with Crippen LogP contribution in [0.15, 0.2) is 42.6 Å². The van der Waals surface area contributed by atoms with Crippen molar-refractivity contribution < 1.29 is 9.59 Å². The molecule has 0 saturated heterocycles. The first kappa shape index (κ1) is 13.7. The Labute approximate surface area is 117 Å². The minimum Gasteiger partial charge on any atom is -0.267 e. The van der Waals surface area contributed by atoms with Gasteiger partial charge in [0, 0.05) is 17.5 Å². The van der Waals surface area contributed by atoms with Gasteiger partial charge in [0.2, 0.25) is 0 Å². The van der Waals surface area contributed by atoms with Crippen LogP contribution in [-0.4, -0.2) is 16.8 Å². The summed E-state index contributed by atoms with van der Waals surface area (Å²) in [4.78, 5) is 27.6. The first-order valence-electron chi connectivity index (χ1n) is 6.16. The highest BCUT2D eigenvalue weighted by Gasteiger charge is 2.08. The van der Waals surface area contributed by atoms with Crippen LogP contribution >= 0.6 is 0 Å². The van der Waals surface area contributed by atoms with Gasteiger partial charge < -0.3 is 0 Å². The summed E-state index contributed by atoms with van der Waals surface area (Å²) in [7, 11) is 0. The number of amides is 2. The molecule has 0 aliphatic heterocycles. The number of aryl methyl sites for hydroxylation is 2. The highest BCUT2D eigenvalue weighted by atomic mass is 16.2. The van der Waals surface area contributed by atoms with E-state index in [9.17, 15) is 9.59 Å². The molecule has 0 radical (unpaired) electrons. The first-order valence-corrected chi connectivity index (χ1v) is 6.16. The summed E-state index contributed by atoms with van der Waals surface area (Å²) in [5.74, 6) is -0.767. The van der Waals surface area contributed by atoms with Gasteiger partial charge in [-0.1, -0.05) is 17.7 Å². The fraction of sp³-hybridized carbons (Fsp3) is 0.133. The molecule has 0 atom stereocenters. The largest absolute Gasteiger partial charge is 0.271 e. The van der Waals surface area contributed by atoms with Gasteiger partial charge in [-0.15, -0.1) is 0 Å². The number of nitrogens with zero attached hydrogens (tertiary/aromatic N) is 1. The Morgan fingerprint density at radius 1 is 0.850 bits per heavy atom. The highest BCUT2D eigenvalue weighted by Crippen LogP contribution is 2.02. The average Bonchev–Trinajstić information content (AvgIpc) is 2.46. The van der Waals surface area contributed by atoms with E-state index < -0.39 is 5.91 Å². The van der Waals surface area contributed by atoms with Gasteiger partial charge in [0.05, 0.1) is 5.56 Å². The maximum absolute atomic E-state index is 11.8. The Bertz CT molecular complexity index is 561. The van der Waals surface area contributed by atoms with E-state index in [0.29, 0.717) is 11.1 Å². The van der Waals surface area contributed by atoms with E-state index in [4.69, 9.17) is 0 Å².